The van der Waals surface area contributed by atoms with Crippen LogP contribution in [0, 0.1) is 0 Å². The van der Waals surface area contributed by atoms with Gasteiger partial charge in [0.1, 0.15) is 12.4 Å². The zero-order chi connectivity index (χ0) is 13.7. The molecule has 0 atom stereocenters. The van der Waals surface area contributed by atoms with Crippen molar-refractivity contribution in [2.24, 2.45) is 0 Å². The highest BCUT2D eigenvalue weighted by Crippen LogP contribution is 2.28. The summed E-state index contributed by atoms with van der Waals surface area (Å²) in [5, 5.41) is 8.96. The van der Waals surface area contributed by atoms with E-state index in [2.05, 4.69) is 0 Å². The van der Waals surface area contributed by atoms with Crippen LogP contribution in [0.25, 0.3) is 0 Å². The van der Waals surface area contributed by atoms with E-state index in [4.69, 9.17) is 19.3 Å². The molecule has 102 valence electrons. The first-order valence-corrected chi connectivity index (χ1v) is 6.06. The second kappa shape index (κ2) is 6.13. The fourth-order valence-electron chi connectivity index (χ4n) is 1.78. The minimum absolute atomic E-state index is 0.161. The van der Waals surface area contributed by atoms with Gasteiger partial charge >= 0.3 is 5.97 Å². The van der Waals surface area contributed by atoms with Crippen molar-refractivity contribution >= 4 is 5.97 Å². The summed E-state index contributed by atoms with van der Waals surface area (Å²) in [4.78, 5) is 10.9. The Morgan fingerprint density at radius 2 is 2.26 bits per heavy atom. The maximum atomic E-state index is 10.9. The van der Waals surface area contributed by atoms with Gasteiger partial charge in [-0.1, -0.05) is 0 Å². The van der Waals surface area contributed by atoms with Crippen LogP contribution in [-0.4, -0.2) is 31.4 Å². The van der Waals surface area contributed by atoms with E-state index in [9.17, 15) is 4.79 Å². The number of rotatable bonds is 5. The van der Waals surface area contributed by atoms with Crippen LogP contribution >= 0.6 is 0 Å². The van der Waals surface area contributed by atoms with Crippen molar-refractivity contribution in [3.63, 3.8) is 0 Å². The summed E-state index contributed by atoms with van der Waals surface area (Å²) in [6, 6.07) is 4.50. The number of carbonyl (C=O) groups is 1. The molecular weight excluding hydrogens is 248 g/mol. The average molecular weight is 264 g/mol. The Hall–Kier alpha value is -2.17. The number of allylic oxidation sites excluding steroid dienone is 1. The van der Waals surface area contributed by atoms with Crippen molar-refractivity contribution in [3.05, 3.63) is 35.6 Å². The van der Waals surface area contributed by atoms with Gasteiger partial charge in [-0.3, -0.25) is 0 Å². The highest BCUT2D eigenvalue weighted by Gasteiger charge is 2.12. The van der Waals surface area contributed by atoms with Crippen molar-refractivity contribution in [1.82, 2.24) is 0 Å². The van der Waals surface area contributed by atoms with E-state index in [1.54, 1.807) is 6.07 Å². The molecular formula is C14H16O5. The highest BCUT2D eigenvalue weighted by atomic mass is 16.5. The van der Waals surface area contributed by atoms with Gasteiger partial charge in [-0.25, -0.2) is 4.79 Å². The number of carboxylic acid groups (broad SMARTS) is 1. The second-order valence-corrected chi connectivity index (χ2v) is 4.12. The Morgan fingerprint density at radius 1 is 1.42 bits per heavy atom. The van der Waals surface area contributed by atoms with Gasteiger partial charge in [-0.15, -0.1) is 0 Å². The fraction of sp³-hybridized carbons (Fsp3) is 0.357. The molecule has 1 aliphatic heterocycles. The van der Waals surface area contributed by atoms with E-state index in [0.29, 0.717) is 18.1 Å². The lowest BCUT2D eigenvalue weighted by atomic mass is 10.2. The van der Waals surface area contributed by atoms with Crippen LogP contribution in [0.3, 0.4) is 0 Å². The molecule has 5 nitrogen and oxygen atoms in total. The van der Waals surface area contributed by atoms with Gasteiger partial charge in [0.05, 0.1) is 19.3 Å². The maximum absolute atomic E-state index is 10.9. The summed E-state index contributed by atoms with van der Waals surface area (Å²) in [5.41, 5.74) is 0.161. The van der Waals surface area contributed by atoms with Crippen molar-refractivity contribution < 1.29 is 24.1 Å². The van der Waals surface area contributed by atoms with E-state index in [0.717, 1.165) is 18.6 Å². The van der Waals surface area contributed by atoms with Crippen molar-refractivity contribution in [3.8, 4) is 11.5 Å². The van der Waals surface area contributed by atoms with Gasteiger partial charge in [-0.05, 0) is 37.1 Å². The van der Waals surface area contributed by atoms with Crippen LogP contribution in [0.4, 0.5) is 0 Å². The molecule has 1 heterocycles. The normalized spacial score (nSPS) is 14.3. The van der Waals surface area contributed by atoms with E-state index >= 15 is 0 Å². The van der Waals surface area contributed by atoms with Crippen LogP contribution in [0.5, 0.6) is 11.5 Å². The Bertz CT molecular complexity index is 493. The molecule has 1 aromatic rings. The summed E-state index contributed by atoms with van der Waals surface area (Å²) < 4.78 is 16.1. The SMILES string of the molecule is COc1ccc(C(=O)O)cc1OCC1=CCCCO1. The second-order valence-electron chi connectivity index (χ2n) is 4.12. The average Bonchev–Trinajstić information content (AvgIpc) is 2.45. The van der Waals surface area contributed by atoms with Gasteiger partial charge in [0.25, 0.3) is 0 Å². The summed E-state index contributed by atoms with van der Waals surface area (Å²) in [5.74, 6) is 0.675. The van der Waals surface area contributed by atoms with Crippen LogP contribution in [0.15, 0.2) is 30.0 Å². The van der Waals surface area contributed by atoms with Gasteiger partial charge in [0, 0.05) is 0 Å². The molecule has 0 bridgehead atoms. The van der Waals surface area contributed by atoms with E-state index in [-0.39, 0.29) is 12.2 Å². The monoisotopic (exact) mass is 264 g/mol. The molecule has 0 aliphatic carbocycles. The number of hydrogen-bond donors (Lipinski definition) is 1. The van der Waals surface area contributed by atoms with Crippen LogP contribution < -0.4 is 9.47 Å². The van der Waals surface area contributed by atoms with Crippen molar-refractivity contribution in [2.75, 3.05) is 20.3 Å². The van der Waals surface area contributed by atoms with Crippen molar-refractivity contribution in [2.45, 2.75) is 12.8 Å². The molecule has 2 rings (SSSR count). The van der Waals surface area contributed by atoms with Crippen LogP contribution in [0.1, 0.15) is 23.2 Å². The van der Waals surface area contributed by atoms with Crippen molar-refractivity contribution in [1.29, 1.82) is 0 Å². The number of methoxy groups -OCH3 is 1. The molecule has 0 radical (unpaired) electrons. The summed E-state index contributed by atoms with van der Waals surface area (Å²) in [7, 11) is 1.51. The summed E-state index contributed by atoms with van der Waals surface area (Å²) in [6.07, 6.45) is 3.98. The molecule has 0 aromatic heterocycles. The predicted molar refractivity (Wildman–Crippen MR) is 68.7 cm³/mol. The molecule has 0 spiro atoms. The Kier molecular flexibility index (Phi) is 4.28. The number of carboxylic acids is 1. The zero-order valence-electron chi connectivity index (χ0n) is 10.7. The first-order valence-electron chi connectivity index (χ1n) is 6.06. The molecule has 0 saturated carbocycles. The zero-order valence-corrected chi connectivity index (χ0v) is 10.7. The lowest BCUT2D eigenvalue weighted by molar-refractivity contribution is 0.0696. The smallest absolute Gasteiger partial charge is 0.335 e. The largest absolute Gasteiger partial charge is 0.495 e. The van der Waals surface area contributed by atoms with Gasteiger partial charge in [-0.2, -0.15) is 0 Å². The maximum Gasteiger partial charge on any atom is 0.335 e. The molecule has 0 unspecified atom stereocenters. The Labute approximate surface area is 111 Å². The standard InChI is InChI=1S/C14H16O5/c1-17-12-6-5-10(14(15)16)8-13(12)19-9-11-4-2-3-7-18-11/h4-6,8H,2-3,7,9H2,1H3,(H,15,16). The first-order chi connectivity index (χ1) is 9.20. The lowest BCUT2D eigenvalue weighted by Gasteiger charge is -2.16. The number of benzene rings is 1. The molecule has 19 heavy (non-hydrogen) atoms. The molecule has 1 N–H and O–H groups in total. The lowest BCUT2D eigenvalue weighted by Crippen LogP contribution is -2.10. The number of aromatic carboxylic acids is 1. The molecule has 5 heteroatoms. The predicted octanol–water partition coefficient (Wildman–Crippen LogP) is 2.47. The summed E-state index contributed by atoms with van der Waals surface area (Å²) in [6.45, 7) is 0.973. The third kappa shape index (κ3) is 3.40. The minimum Gasteiger partial charge on any atom is -0.495 e. The van der Waals surface area contributed by atoms with E-state index in [1.807, 2.05) is 6.08 Å². The van der Waals surface area contributed by atoms with E-state index < -0.39 is 5.97 Å². The van der Waals surface area contributed by atoms with Crippen LogP contribution in [0.2, 0.25) is 0 Å². The molecule has 1 aliphatic rings. The Morgan fingerprint density at radius 3 is 2.89 bits per heavy atom. The Balaban J connectivity index is 2.10. The van der Waals surface area contributed by atoms with Crippen LogP contribution in [-0.2, 0) is 4.74 Å². The van der Waals surface area contributed by atoms with Gasteiger partial charge in [0.15, 0.2) is 11.5 Å². The quantitative estimate of drug-likeness (QED) is 0.885. The number of ether oxygens (including phenoxy) is 3. The molecule has 0 amide bonds. The van der Waals surface area contributed by atoms with Gasteiger partial charge < -0.3 is 19.3 Å². The first kappa shape index (κ1) is 13.3. The molecule has 0 fully saturated rings. The fourth-order valence-corrected chi connectivity index (χ4v) is 1.78. The minimum atomic E-state index is -0.999. The third-order valence-electron chi connectivity index (χ3n) is 2.79. The van der Waals surface area contributed by atoms with Gasteiger partial charge in [0.2, 0.25) is 0 Å². The third-order valence-corrected chi connectivity index (χ3v) is 2.79. The molecule has 0 saturated heterocycles. The highest BCUT2D eigenvalue weighted by molar-refractivity contribution is 5.88. The number of hydrogen-bond acceptors (Lipinski definition) is 4. The molecule has 1 aromatic carbocycles. The summed E-state index contributed by atoms with van der Waals surface area (Å²) >= 11 is 0. The van der Waals surface area contributed by atoms with E-state index in [1.165, 1.54) is 19.2 Å². The topological polar surface area (TPSA) is 65.0 Å².